The smallest absolute Gasteiger partial charge is 0.264 e. The molecule has 1 aromatic heterocycles. The van der Waals surface area contributed by atoms with Gasteiger partial charge in [0, 0.05) is 30.1 Å². The van der Waals surface area contributed by atoms with Crippen molar-refractivity contribution in [2.45, 2.75) is 38.8 Å². The second kappa shape index (κ2) is 7.44. The van der Waals surface area contributed by atoms with E-state index in [1.165, 1.54) is 0 Å². The number of carbonyl (C=O) groups is 1. The maximum absolute atomic E-state index is 11.8. The molecular weight excluding hydrogens is 308 g/mol. The topological polar surface area (TPSA) is 89.3 Å². The highest BCUT2D eigenvalue weighted by Gasteiger charge is 2.29. The minimum absolute atomic E-state index is 0.0762. The normalized spacial score (nSPS) is 15.1. The van der Waals surface area contributed by atoms with Crippen LogP contribution in [0.2, 0.25) is 0 Å². The highest BCUT2D eigenvalue weighted by Crippen LogP contribution is 2.30. The van der Waals surface area contributed by atoms with Gasteiger partial charge in [0.1, 0.15) is 5.75 Å². The van der Waals surface area contributed by atoms with Gasteiger partial charge in [0.25, 0.3) is 5.89 Å². The summed E-state index contributed by atoms with van der Waals surface area (Å²) in [7, 11) is 1.89. The van der Waals surface area contributed by atoms with E-state index in [2.05, 4.69) is 20.8 Å². The van der Waals surface area contributed by atoms with E-state index in [-0.39, 0.29) is 24.5 Å². The molecule has 1 saturated carbocycles. The van der Waals surface area contributed by atoms with E-state index in [0.29, 0.717) is 23.9 Å². The number of ether oxygens (including phenoxy) is 1. The quantitative estimate of drug-likeness (QED) is 0.771. The average Bonchev–Trinajstić information content (AvgIpc) is 3.34. The second-order valence-corrected chi connectivity index (χ2v) is 6.08. The van der Waals surface area contributed by atoms with Gasteiger partial charge < -0.3 is 19.9 Å². The first-order valence-corrected chi connectivity index (χ1v) is 8.16. The molecule has 3 rings (SSSR count). The van der Waals surface area contributed by atoms with Gasteiger partial charge in [-0.05, 0) is 38.9 Å². The fourth-order valence-electron chi connectivity index (χ4n) is 2.21. The zero-order chi connectivity index (χ0) is 16.9. The lowest BCUT2D eigenvalue weighted by Gasteiger charge is -2.07. The number of hydrogen-bond donors (Lipinski definition) is 2. The number of carbonyl (C=O) groups excluding carboxylic acids is 1. The Morgan fingerprint density at radius 2 is 2.29 bits per heavy atom. The van der Waals surface area contributed by atoms with Crippen molar-refractivity contribution in [3.05, 3.63) is 36.0 Å². The molecule has 1 aliphatic carbocycles. The average molecular weight is 330 g/mol. The van der Waals surface area contributed by atoms with Gasteiger partial charge in [-0.1, -0.05) is 11.2 Å². The third-order valence-corrected chi connectivity index (χ3v) is 3.90. The summed E-state index contributed by atoms with van der Waals surface area (Å²) in [5.74, 6) is 1.98. The Bertz CT molecular complexity index is 697. The zero-order valence-corrected chi connectivity index (χ0v) is 13.9. The second-order valence-electron chi connectivity index (χ2n) is 6.08. The Balaban J connectivity index is 1.53. The van der Waals surface area contributed by atoms with Crippen LogP contribution in [0.4, 0.5) is 5.69 Å². The Hall–Kier alpha value is -2.41. The van der Waals surface area contributed by atoms with Crippen molar-refractivity contribution in [2.75, 3.05) is 12.4 Å². The molecule has 0 bridgehead atoms. The first-order chi connectivity index (χ1) is 11.6. The molecule has 7 heteroatoms. The fourth-order valence-corrected chi connectivity index (χ4v) is 2.21. The number of aromatic nitrogens is 2. The summed E-state index contributed by atoms with van der Waals surface area (Å²) in [6.45, 7) is 2.24. The molecule has 24 heavy (non-hydrogen) atoms. The molecule has 7 nitrogen and oxygen atoms in total. The molecule has 1 heterocycles. The van der Waals surface area contributed by atoms with Crippen LogP contribution in [-0.2, 0) is 17.8 Å². The van der Waals surface area contributed by atoms with Crippen LogP contribution in [0.25, 0.3) is 0 Å². The van der Waals surface area contributed by atoms with Crippen molar-refractivity contribution in [1.29, 1.82) is 0 Å². The predicted octanol–water partition coefficient (Wildman–Crippen LogP) is 2.15. The van der Waals surface area contributed by atoms with Crippen molar-refractivity contribution in [3.63, 3.8) is 0 Å². The van der Waals surface area contributed by atoms with Crippen LogP contribution in [0.5, 0.6) is 5.75 Å². The molecule has 1 amide bonds. The van der Waals surface area contributed by atoms with Gasteiger partial charge in [0.15, 0.2) is 12.4 Å². The van der Waals surface area contributed by atoms with Crippen LogP contribution in [0.1, 0.15) is 31.5 Å². The lowest BCUT2D eigenvalue weighted by molar-refractivity contribution is -0.117. The highest BCUT2D eigenvalue weighted by molar-refractivity contribution is 5.94. The van der Waals surface area contributed by atoms with E-state index in [9.17, 15) is 4.79 Å². The zero-order valence-electron chi connectivity index (χ0n) is 13.9. The molecule has 2 N–H and O–H groups in total. The molecule has 0 saturated heterocycles. The number of amides is 1. The molecule has 1 atom stereocenters. The molecule has 1 aromatic carbocycles. The van der Waals surface area contributed by atoms with E-state index in [1.54, 1.807) is 6.07 Å². The number of nitrogens with one attached hydrogen (secondary N) is 2. The Morgan fingerprint density at radius 1 is 1.46 bits per heavy atom. The van der Waals surface area contributed by atoms with Gasteiger partial charge in [0.2, 0.25) is 5.91 Å². The molecule has 1 fully saturated rings. The summed E-state index contributed by atoms with van der Waals surface area (Å²) in [6.07, 6.45) is 2.66. The largest absolute Gasteiger partial charge is 0.484 e. The Morgan fingerprint density at radius 3 is 3.04 bits per heavy atom. The van der Waals surface area contributed by atoms with Crippen LogP contribution < -0.4 is 15.4 Å². The minimum atomic E-state index is 0.0762. The number of anilines is 1. The summed E-state index contributed by atoms with van der Waals surface area (Å²) >= 11 is 0. The SMILES string of the molecule is CNC(C)Cc1noc(COc2cccc(NC(=O)C3CC3)c2)n1. The van der Waals surface area contributed by atoms with Gasteiger partial charge in [-0.15, -0.1) is 0 Å². The van der Waals surface area contributed by atoms with Crippen LogP contribution in [0.3, 0.4) is 0 Å². The molecule has 1 unspecified atom stereocenters. The van der Waals surface area contributed by atoms with Crippen LogP contribution in [-0.4, -0.2) is 29.1 Å². The molecule has 1 aliphatic rings. The van der Waals surface area contributed by atoms with Crippen molar-refractivity contribution in [2.24, 2.45) is 5.92 Å². The van der Waals surface area contributed by atoms with Gasteiger partial charge >= 0.3 is 0 Å². The summed E-state index contributed by atoms with van der Waals surface area (Å²) in [5, 5.41) is 9.96. The van der Waals surface area contributed by atoms with Crippen LogP contribution in [0.15, 0.2) is 28.8 Å². The lowest BCUT2D eigenvalue weighted by Crippen LogP contribution is -2.24. The first kappa shape index (κ1) is 16.4. The van der Waals surface area contributed by atoms with Crippen LogP contribution >= 0.6 is 0 Å². The Labute approximate surface area is 140 Å². The highest BCUT2D eigenvalue weighted by atomic mass is 16.5. The van der Waals surface area contributed by atoms with Crippen molar-refractivity contribution < 1.29 is 14.1 Å². The molecule has 0 spiro atoms. The van der Waals surface area contributed by atoms with E-state index < -0.39 is 0 Å². The lowest BCUT2D eigenvalue weighted by atomic mass is 10.2. The third kappa shape index (κ3) is 4.55. The molecular formula is C17H22N4O3. The van der Waals surface area contributed by atoms with Gasteiger partial charge in [0.05, 0.1) is 0 Å². The maximum atomic E-state index is 11.8. The summed E-state index contributed by atoms with van der Waals surface area (Å²) in [4.78, 5) is 16.1. The number of likely N-dealkylation sites (N-methyl/N-ethyl adjacent to an activating group) is 1. The molecule has 2 aromatic rings. The molecule has 128 valence electrons. The first-order valence-electron chi connectivity index (χ1n) is 8.16. The summed E-state index contributed by atoms with van der Waals surface area (Å²) < 4.78 is 10.9. The van der Waals surface area contributed by atoms with E-state index in [4.69, 9.17) is 9.26 Å². The van der Waals surface area contributed by atoms with E-state index in [1.807, 2.05) is 32.2 Å². The predicted molar refractivity (Wildman–Crippen MR) is 88.7 cm³/mol. The van der Waals surface area contributed by atoms with Gasteiger partial charge in [-0.3, -0.25) is 4.79 Å². The third-order valence-electron chi connectivity index (χ3n) is 3.90. The van der Waals surface area contributed by atoms with Gasteiger partial charge in [-0.25, -0.2) is 0 Å². The van der Waals surface area contributed by atoms with Crippen molar-refractivity contribution in [3.8, 4) is 5.75 Å². The van der Waals surface area contributed by atoms with Crippen molar-refractivity contribution in [1.82, 2.24) is 15.5 Å². The number of rotatable bonds is 8. The number of nitrogens with zero attached hydrogens (tertiary/aromatic N) is 2. The molecule has 0 aliphatic heterocycles. The standard InChI is InChI=1S/C17H22N4O3/c1-11(18-2)8-15-20-16(24-21-15)10-23-14-5-3-4-13(9-14)19-17(22)12-6-7-12/h3-5,9,11-12,18H,6-8,10H2,1-2H3,(H,19,22). The maximum Gasteiger partial charge on any atom is 0.264 e. The fraction of sp³-hybridized carbons (Fsp3) is 0.471. The minimum Gasteiger partial charge on any atom is -0.484 e. The molecule has 0 radical (unpaired) electrons. The van der Waals surface area contributed by atoms with Crippen LogP contribution in [0, 0.1) is 5.92 Å². The van der Waals surface area contributed by atoms with E-state index in [0.717, 1.165) is 18.5 Å². The number of hydrogen-bond acceptors (Lipinski definition) is 6. The monoisotopic (exact) mass is 330 g/mol. The summed E-state index contributed by atoms with van der Waals surface area (Å²) in [5.41, 5.74) is 0.735. The summed E-state index contributed by atoms with van der Waals surface area (Å²) in [6, 6.07) is 7.58. The van der Waals surface area contributed by atoms with Gasteiger partial charge in [-0.2, -0.15) is 4.98 Å². The van der Waals surface area contributed by atoms with E-state index >= 15 is 0 Å². The van der Waals surface area contributed by atoms with Crippen molar-refractivity contribution >= 4 is 11.6 Å². The number of benzene rings is 1. The Kier molecular flexibility index (Phi) is 5.10.